The van der Waals surface area contributed by atoms with Crippen molar-refractivity contribution in [3.05, 3.63) is 38.4 Å². The van der Waals surface area contributed by atoms with Crippen molar-refractivity contribution >= 4 is 17.1 Å². The van der Waals surface area contributed by atoms with E-state index in [0.717, 1.165) is 18.9 Å². The summed E-state index contributed by atoms with van der Waals surface area (Å²) in [6.07, 6.45) is 1.51. The summed E-state index contributed by atoms with van der Waals surface area (Å²) in [7, 11) is 0. The average molecular weight is 309 g/mol. The Morgan fingerprint density at radius 2 is 1.86 bits per heavy atom. The Bertz CT molecular complexity index is 614. The van der Waals surface area contributed by atoms with Crippen LogP contribution in [0.3, 0.4) is 0 Å². The molecule has 9 nitrogen and oxygen atoms in total. The SMILES string of the molecule is O=[N+]([O-])c1ccc(N2CCCC3(C2)OCCO3)c([N+](=O)[O-])c1. The highest BCUT2D eigenvalue weighted by Gasteiger charge is 2.42. The van der Waals surface area contributed by atoms with Crippen LogP contribution < -0.4 is 4.90 Å². The van der Waals surface area contributed by atoms with Crippen molar-refractivity contribution in [3.63, 3.8) is 0 Å². The van der Waals surface area contributed by atoms with Crippen LogP contribution in [0.2, 0.25) is 0 Å². The Morgan fingerprint density at radius 3 is 2.50 bits per heavy atom. The highest BCUT2D eigenvalue weighted by Crippen LogP contribution is 2.37. The van der Waals surface area contributed by atoms with Gasteiger partial charge in [-0.1, -0.05) is 0 Å². The smallest absolute Gasteiger partial charge is 0.299 e. The fourth-order valence-electron chi connectivity index (χ4n) is 2.97. The Morgan fingerprint density at radius 1 is 1.14 bits per heavy atom. The van der Waals surface area contributed by atoms with E-state index in [4.69, 9.17) is 9.47 Å². The molecule has 2 fully saturated rings. The zero-order chi connectivity index (χ0) is 15.7. The second-order valence-electron chi connectivity index (χ2n) is 5.32. The molecule has 0 bridgehead atoms. The van der Waals surface area contributed by atoms with E-state index in [-0.39, 0.29) is 11.4 Å². The van der Waals surface area contributed by atoms with Gasteiger partial charge in [-0.25, -0.2) is 0 Å². The van der Waals surface area contributed by atoms with Gasteiger partial charge in [-0.3, -0.25) is 20.2 Å². The minimum absolute atomic E-state index is 0.274. The van der Waals surface area contributed by atoms with Gasteiger partial charge < -0.3 is 14.4 Å². The van der Waals surface area contributed by atoms with E-state index >= 15 is 0 Å². The predicted molar refractivity (Wildman–Crippen MR) is 75.8 cm³/mol. The van der Waals surface area contributed by atoms with Crippen molar-refractivity contribution in [2.45, 2.75) is 18.6 Å². The fraction of sp³-hybridized carbons (Fsp3) is 0.538. The molecule has 0 saturated carbocycles. The number of non-ortho nitro benzene ring substituents is 1. The standard InChI is InChI=1S/C13H15N3O6/c17-15(18)10-2-3-11(12(8-10)16(19)20)14-5-1-4-13(9-14)21-6-7-22-13/h2-3,8H,1,4-7,9H2. The molecule has 1 aromatic rings. The van der Waals surface area contributed by atoms with E-state index in [1.807, 2.05) is 0 Å². The lowest BCUT2D eigenvalue weighted by Gasteiger charge is -2.39. The zero-order valence-corrected chi connectivity index (χ0v) is 11.8. The molecule has 1 spiro atoms. The van der Waals surface area contributed by atoms with Crippen molar-refractivity contribution in [1.82, 2.24) is 0 Å². The van der Waals surface area contributed by atoms with E-state index in [2.05, 4.69) is 0 Å². The van der Waals surface area contributed by atoms with Crippen molar-refractivity contribution in [1.29, 1.82) is 0 Å². The molecule has 0 atom stereocenters. The highest BCUT2D eigenvalue weighted by molar-refractivity contribution is 5.67. The summed E-state index contributed by atoms with van der Waals surface area (Å²) in [5, 5.41) is 22.0. The van der Waals surface area contributed by atoms with Crippen LogP contribution in [0, 0.1) is 20.2 Å². The summed E-state index contributed by atoms with van der Waals surface area (Å²) < 4.78 is 11.3. The third-order valence-corrected chi connectivity index (χ3v) is 3.94. The van der Waals surface area contributed by atoms with Gasteiger partial charge in [0.15, 0.2) is 5.79 Å². The van der Waals surface area contributed by atoms with Gasteiger partial charge in [0.05, 0.1) is 35.7 Å². The summed E-state index contributed by atoms with van der Waals surface area (Å²) in [5.74, 6) is -0.714. The molecular weight excluding hydrogens is 294 g/mol. The third-order valence-electron chi connectivity index (χ3n) is 3.94. The van der Waals surface area contributed by atoms with Crippen molar-refractivity contribution in [2.24, 2.45) is 0 Å². The quantitative estimate of drug-likeness (QED) is 0.619. The molecule has 0 radical (unpaired) electrons. The molecule has 3 rings (SSSR count). The maximum absolute atomic E-state index is 11.2. The van der Waals surface area contributed by atoms with Gasteiger partial charge in [0.25, 0.3) is 11.4 Å². The molecule has 22 heavy (non-hydrogen) atoms. The summed E-state index contributed by atoms with van der Waals surface area (Å²) in [4.78, 5) is 22.6. The molecule has 2 saturated heterocycles. The maximum Gasteiger partial charge on any atom is 0.299 e. The van der Waals surface area contributed by atoms with Crippen LogP contribution in [0.4, 0.5) is 17.1 Å². The van der Waals surface area contributed by atoms with Crippen LogP contribution in [0.1, 0.15) is 12.8 Å². The number of nitro benzene ring substituents is 2. The van der Waals surface area contributed by atoms with Gasteiger partial charge in [0.2, 0.25) is 0 Å². The van der Waals surface area contributed by atoms with E-state index in [1.165, 1.54) is 12.1 Å². The Kier molecular flexibility index (Phi) is 3.67. The predicted octanol–water partition coefficient (Wildman–Crippen LogP) is 1.85. The average Bonchev–Trinajstić information content (AvgIpc) is 2.94. The van der Waals surface area contributed by atoms with Crippen LogP contribution in [0.15, 0.2) is 18.2 Å². The van der Waals surface area contributed by atoms with Crippen LogP contribution in [0.25, 0.3) is 0 Å². The first kappa shape index (κ1) is 14.7. The van der Waals surface area contributed by atoms with Crippen molar-refractivity contribution in [3.8, 4) is 0 Å². The molecule has 0 N–H and O–H groups in total. The lowest BCUT2D eigenvalue weighted by atomic mass is 10.0. The molecule has 9 heteroatoms. The third kappa shape index (κ3) is 2.60. The Labute approximate surface area is 125 Å². The summed E-state index contributed by atoms with van der Waals surface area (Å²) >= 11 is 0. The lowest BCUT2D eigenvalue weighted by molar-refractivity contribution is -0.393. The number of ether oxygens (including phenoxy) is 2. The van der Waals surface area contributed by atoms with Crippen molar-refractivity contribution in [2.75, 3.05) is 31.2 Å². The highest BCUT2D eigenvalue weighted by atomic mass is 16.7. The molecule has 2 aliphatic rings. The van der Waals surface area contributed by atoms with Crippen LogP contribution in [-0.4, -0.2) is 41.9 Å². The zero-order valence-electron chi connectivity index (χ0n) is 11.8. The van der Waals surface area contributed by atoms with Crippen LogP contribution >= 0.6 is 0 Å². The number of nitrogens with zero attached hydrogens (tertiary/aromatic N) is 3. The number of hydrogen-bond donors (Lipinski definition) is 0. The van der Waals surface area contributed by atoms with Gasteiger partial charge in [-0.05, 0) is 12.5 Å². The molecule has 1 aromatic carbocycles. The molecular formula is C13H15N3O6. The van der Waals surface area contributed by atoms with E-state index in [9.17, 15) is 20.2 Å². The lowest BCUT2D eigenvalue weighted by Crippen LogP contribution is -2.49. The number of hydrogen-bond acceptors (Lipinski definition) is 7. The van der Waals surface area contributed by atoms with Gasteiger partial charge >= 0.3 is 0 Å². The van der Waals surface area contributed by atoms with Crippen molar-refractivity contribution < 1.29 is 19.3 Å². The number of anilines is 1. The number of nitro groups is 2. The maximum atomic E-state index is 11.2. The minimum Gasteiger partial charge on any atom is -0.361 e. The molecule has 0 aliphatic carbocycles. The van der Waals surface area contributed by atoms with Crippen LogP contribution in [0.5, 0.6) is 0 Å². The largest absolute Gasteiger partial charge is 0.361 e. The van der Waals surface area contributed by atoms with E-state index < -0.39 is 15.6 Å². The Balaban J connectivity index is 1.93. The van der Waals surface area contributed by atoms with Gasteiger partial charge in [-0.15, -0.1) is 0 Å². The summed E-state index contributed by atoms with van der Waals surface area (Å²) in [6.45, 7) is 2.02. The topological polar surface area (TPSA) is 108 Å². The Hall–Kier alpha value is -2.26. The molecule has 0 amide bonds. The first-order valence-electron chi connectivity index (χ1n) is 6.96. The van der Waals surface area contributed by atoms with Gasteiger partial charge in [-0.2, -0.15) is 0 Å². The molecule has 118 valence electrons. The van der Waals surface area contributed by atoms with Gasteiger partial charge in [0.1, 0.15) is 5.69 Å². The van der Waals surface area contributed by atoms with E-state index in [1.54, 1.807) is 4.90 Å². The second-order valence-corrected chi connectivity index (χ2v) is 5.32. The molecule has 0 aromatic heterocycles. The molecule has 0 unspecified atom stereocenters. The summed E-state index contributed by atoms with van der Waals surface area (Å²) in [5.41, 5.74) is -0.214. The molecule has 2 aliphatic heterocycles. The number of benzene rings is 1. The monoisotopic (exact) mass is 309 g/mol. The molecule has 2 heterocycles. The number of piperidine rings is 1. The first-order valence-corrected chi connectivity index (χ1v) is 6.96. The number of rotatable bonds is 3. The summed E-state index contributed by atoms with van der Waals surface area (Å²) in [6, 6.07) is 3.69. The first-order chi connectivity index (χ1) is 10.5. The fourth-order valence-corrected chi connectivity index (χ4v) is 2.97. The van der Waals surface area contributed by atoms with E-state index in [0.29, 0.717) is 32.0 Å². The minimum atomic E-state index is -0.714. The second kappa shape index (κ2) is 5.50. The van der Waals surface area contributed by atoms with Gasteiger partial charge in [0, 0.05) is 19.0 Å². The van der Waals surface area contributed by atoms with Crippen LogP contribution in [-0.2, 0) is 9.47 Å². The normalized spacial score (nSPS) is 20.3.